The molecule has 1 N–H and O–H groups in total. The quantitative estimate of drug-likeness (QED) is 0.803. The van der Waals surface area contributed by atoms with Crippen molar-refractivity contribution < 1.29 is 24.2 Å². The number of nitrogens with zero attached hydrogens (tertiary/aromatic N) is 1. The van der Waals surface area contributed by atoms with Crippen LogP contribution in [0.2, 0.25) is 0 Å². The van der Waals surface area contributed by atoms with Crippen molar-refractivity contribution in [3.05, 3.63) is 0 Å². The highest BCUT2D eigenvalue weighted by Crippen LogP contribution is 2.41. The highest BCUT2D eigenvalue weighted by atomic mass is 16.6. The van der Waals surface area contributed by atoms with Gasteiger partial charge in [-0.15, -0.1) is 0 Å². The molecule has 0 aromatic rings. The maximum Gasteiger partial charge on any atom is 0.411 e. The number of amides is 1. The van der Waals surface area contributed by atoms with Crippen LogP contribution in [0.1, 0.15) is 46.5 Å². The number of carbonyl (C=O) groups excluding carboxylic acids is 1. The molecule has 2 aliphatic heterocycles. The standard InChI is InChI=1S/C15H25NO5/c1-14(2,3)21-13(19)16-10-15(6-8-20-9-7-15)5-4-11(16)12(17)18/h11H,4-10H2,1-3H3,(H,17,18). The molecule has 1 spiro atoms. The summed E-state index contributed by atoms with van der Waals surface area (Å²) in [5.74, 6) is -0.956. The lowest BCUT2D eigenvalue weighted by atomic mass is 9.72. The van der Waals surface area contributed by atoms with Gasteiger partial charge in [0, 0.05) is 19.8 Å². The number of likely N-dealkylation sites (tertiary alicyclic amines) is 1. The van der Waals surface area contributed by atoms with Crippen molar-refractivity contribution in [2.45, 2.75) is 58.1 Å². The zero-order valence-corrected chi connectivity index (χ0v) is 13.1. The van der Waals surface area contributed by atoms with Gasteiger partial charge in [0.25, 0.3) is 0 Å². The third-order valence-corrected chi connectivity index (χ3v) is 4.30. The van der Waals surface area contributed by atoms with E-state index < -0.39 is 23.7 Å². The Kier molecular flexibility index (Phi) is 4.46. The smallest absolute Gasteiger partial charge is 0.411 e. The molecular weight excluding hydrogens is 274 g/mol. The Balaban J connectivity index is 2.15. The predicted octanol–water partition coefficient (Wildman–Crippen LogP) is 2.27. The Labute approximate surface area is 125 Å². The van der Waals surface area contributed by atoms with Gasteiger partial charge in [0.1, 0.15) is 11.6 Å². The van der Waals surface area contributed by atoms with Gasteiger partial charge in [-0.2, -0.15) is 0 Å². The van der Waals surface area contributed by atoms with Crippen molar-refractivity contribution in [3.8, 4) is 0 Å². The Morgan fingerprint density at radius 1 is 1.24 bits per heavy atom. The van der Waals surface area contributed by atoms with Crippen LogP contribution >= 0.6 is 0 Å². The summed E-state index contributed by atoms with van der Waals surface area (Å²) in [5, 5.41) is 9.37. The monoisotopic (exact) mass is 299 g/mol. The minimum absolute atomic E-state index is 0.0128. The lowest BCUT2D eigenvalue weighted by Gasteiger charge is -2.47. The lowest BCUT2D eigenvalue weighted by molar-refractivity contribution is -0.147. The minimum atomic E-state index is -0.956. The van der Waals surface area contributed by atoms with Gasteiger partial charge in [-0.05, 0) is 51.9 Å². The van der Waals surface area contributed by atoms with Gasteiger partial charge in [0.05, 0.1) is 0 Å². The van der Waals surface area contributed by atoms with Gasteiger partial charge < -0.3 is 14.6 Å². The molecule has 2 rings (SSSR count). The molecule has 0 aromatic carbocycles. The minimum Gasteiger partial charge on any atom is -0.480 e. The molecule has 0 aromatic heterocycles. The zero-order valence-electron chi connectivity index (χ0n) is 13.1. The topological polar surface area (TPSA) is 76.1 Å². The second-order valence-corrected chi connectivity index (χ2v) is 7.11. The molecule has 2 saturated heterocycles. The van der Waals surface area contributed by atoms with E-state index in [-0.39, 0.29) is 5.41 Å². The summed E-state index contributed by atoms with van der Waals surface area (Å²) in [6, 6.07) is -0.784. The number of rotatable bonds is 1. The van der Waals surface area contributed by atoms with Gasteiger partial charge in [-0.25, -0.2) is 9.59 Å². The van der Waals surface area contributed by atoms with E-state index in [1.165, 1.54) is 4.90 Å². The Hall–Kier alpha value is -1.30. The maximum absolute atomic E-state index is 12.4. The first-order chi connectivity index (χ1) is 9.72. The van der Waals surface area contributed by atoms with Crippen LogP contribution in [-0.2, 0) is 14.3 Å². The van der Waals surface area contributed by atoms with Gasteiger partial charge >= 0.3 is 12.1 Å². The first-order valence-electron chi connectivity index (χ1n) is 7.53. The van der Waals surface area contributed by atoms with Crippen LogP contribution in [0.15, 0.2) is 0 Å². The third kappa shape index (κ3) is 3.87. The SMILES string of the molecule is CC(C)(C)OC(=O)N1CC2(CCOCC2)CCC1C(=O)O. The number of aliphatic carboxylic acids is 1. The average Bonchev–Trinajstić information content (AvgIpc) is 2.37. The first kappa shape index (κ1) is 16.1. The molecular formula is C15H25NO5. The van der Waals surface area contributed by atoms with Crippen LogP contribution in [0.5, 0.6) is 0 Å². The highest BCUT2D eigenvalue weighted by Gasteiger charge is 2.45. The van der Waals surface area contributed by atoms with Crippen molar-refractivity contribution >= 4 is 12.1 Å². The molecule has 0 saturated carbocycles. The van der Waals surface area contributed by atoms with Crippen LogP contribution in [0.3, 0.4) is 0 Å². The Morgan fingerprint density at radius 3 is 2.38 bits per heavy atom. The number of piperidine rings is 1. The van der Waals surface area contributed by atoms with Crippen molar-refractivity contribution in [2.24, 2.45) is 5.41 Å². The van der Waals surface area contributed by atoms with E-state index in [0.717, 1.165) is 19.3 Å². The van der Waals surface area contributed by atoms with Crippen molar-refractivity contribution in [1.82, 2.24) is 4.90 Å². The fourth-order valence-electron chi connectivity index (χ4n) is 3.13. The third-order valence-electron chi connectivity index (χ3n) is 4.30. The van der Waals surface area contributed by atoms with Crippen LogP contribution in [0.4, 0.5) is 4.79 Å². The molecule has 1 unspecified atom stereocenters. The molecule has 0 bridgehead atoms. The molecule has 0 radical (unpaired) electrons. The summed E-state index contributed by atoms with van der Waals surface area (Å²) in [7, 11) is 0. The molecule has 1 amide bonds. The van der Waals surface area contributed by atoms with E-state index in [1.54, 1.807) is 20.8 Å². The van der Waals surface area contributed by atoms with Crippen LogP contribution in [-0.4, -0.2) is 53.5 Å². The summed E-state index contributed by atoms with van der Waals surface area (Å²) in [4.78, 5) is 25.2. The van der Waals surface area contributed by atoms with E-state index in [1.807, 2.05) is 0 Å². The van der Waals surface area contributed by atoms with E-state index >= 15 is 0 Å². The molecule has 2 heterocycles. The summed E-state index contributed by atoms with van der Waals surface area (Å²) in [6.45, 7) is 7.17. The van der Waals surface area contributed by atoms with Gasteiger partial charge in [0.15, 0.2) is 0 Å². The molecule has 2 aliphatic rings. The summed E-state index contributed by atoms with van der Waals surface area (Å²) in [5.41, 5.74) is -0.637. The molecule has 2 fully saturated rings. The zero-order chi connectivity index (χ0) is 15.7. The van der Waals surface area contributed by atoms with Crippen molar-refractivity contribution in [1.29, 1.82) is 0 Å². The Bertz CT molecular complexity index is 409. The fraction of sp³-hybridized carbons (Fsp3) is 0.867. The number of ether oxygens (including phenoxy) is 2. The number of carbonyl (C=O) groups is 2. The molecule has 6 heteroatoms. The van der Waals surface area contributed by atoms with Gasteiger partial charge in [-0.1, -0.05) is 0 Å². The van der Waals surface area contributed by atoms with E-state index in [9.17, 15) is 14.7 Å². The number of carboxylic acids is 1. The molecule has 21 heavy (non-hydrogen) atoms. The predicted molar refractivity (Wildman–Crippen MR) is 76.1 cm³/mol. The summed E-state index contributed by atoms with van der Waals surface area (Å²) >= 11 is 0. The van der Waals surface area contributed by atoms with E-state index in [0.29, 0.717) is 26.2 Å². The second kappa shape index (κ2) is 5.83. The summed E-state index contributed by atoms with van der Waals surface area (Å²) < 4.78 is 10.8. The molecule has 120 valence electrons. The number of hydrogen-bond acceptors (Lipinski definition) is 4. The highest BCUT2D eigenvalue weighted by molar-refractivity contribution is 5.80. The lowest BCUT2D eigenvalue weighted by Crippen LogP contribution is -2.56. The molecule has 6 nitrogen and oxygen atoms in total. The number of hydrogen-bond donors (Lipinski definition) is 1. The average molecular weight is 299 g/mol. The van der Waals surface area contributed by atoms with Crippen molar-refractivity contribution in [3.63, 3.8) is 0 Å². The largest absolute Gasteiger partial charge is 0.480 e. The maximum atomic E-state index is 12.4. The number of carboxylic acid groups (broad SMARTS) is 1. The summed E-state index contributed by atoms with van der Waals surface area (Å²) in [6.07, 6.45) is 2.53. The van der Waals surface area contributed by atoms with Crippen molar-refractivity contribution in [2.75, 3.05) is 19.8 Å². The van der Waals surface area contributed by atoms with E-state index in [2.05, 4.69) is 0 Å². The second-order valence-electron chi connectivity index (χ2n) is 7.11. The Morgan fingerprint density at radius 2 is 1.86 bits per heavy atom. The fourth-order valence-corrected chi connectivity index (χ4v) is 3.13. The van der Waals surface area contributed by atoms with Crippen LogP contribution in [0.25, 0.3) is 0 Å². The first-order valence-corrected chi connectivity index (χ1v) is 7.53. The molecule has 1 atom stereocenters. The van der Waals surface area contributed by atoms with Gasteiger partial charge in [0.2, 0.25) is 0 Å². The normalized spacial score (nSPS) is 25.7. The van der Waals surface area contributed by atoms with Gasteiger partial charge in [-0.3, -0.25) is 4.90 Å². The van der Waals surface area contributed by atoms with E-state index in [4.69, 9.17) is 9.47 Å². The van der Waals surface area contributed by atoms with Crippen LogP contribution < -0.4 is 0 Å². The molecule has 0 aliphatic carbocycles. The van der Waals surface area contributed by atoms with Crippen LogP contribution in [0, 0.1) is 5.41 Å².